The zero-order chi connectivity index (χ0) is 16.7. The lowest BCUT2D eigenvalue weighted by Gasteiger charge is -2.15. The molecule has 0 saturated carbocycles. The number of carbonyl (C=O) groups excluding carboxylic acids is 1. The molecular formula is C18H22N2O3. The molecule has 0 aliphatic carbocycles. The van der Waals surface area contributed by atoms with E-state index in [1.54, 1.807) is 19.5 Å². The predicted molar refractivity (Wildman–Crippen MR) is 89.5 cm³/mol. The van der Waals surface area contributed by atoms with E-state index in [2.05, 4.69) is 10.3 Å². The first-order valence-electron chi connectivity index (χ1n) is 7.69. The third-order valence-corrected chi connectivity index (χ3v) is 3.73. The summed E-state index contributed by atoms with van der Waals surface area (Å²) in [5.41, 5.74) is 2.35. The second kappa shape index (κ2) is 8.29. The Morgan fingerprint density at radius 3 is 2.61 bits per heavy atom. The van der Waals surface area contributed by atoms with Crippen molar-refractivity contribution in [2.24, 2.45) is 0 Å². The monoisotopic (exact) mass is 314 g/mol. The maximum atomic E-state index is 12.3. The number of aromatic nitrogens is 1. The van der Waals surface area contributed by atoms with E-state index in [-0.39, 0.29) is 18.6 Å². The topological polar surface area (TPSA) is 71.5 Å². The lowest BCUT2D eigenvalue weighted by atomic mass is 10.1. The van der Waals surface area contributed by atoms with Crippen molar-refractivity contribution in [2.45, 2.75) is 25.8 Å². The summed E-state index contributed by atoms with van der Waals surface area (Å²) in [5.74, 6) is 0.610. The van der Waals surface area contributed by atoms with Gasteiger partial charge in [0.1, 0.15) is 5.75 Å². The van der Waals surface area contributed by atoms with E-state index in [1.807, 2.05) is 37.3 Å². The fourth-order valence-electron chi connectivity index (χ4n) is 2.31. The van der Waals surface area contributed by atoms with Gasteiger partial charge in [0.15, 0.2) is 0 Å². The Bertz CT molecular complexity index is 641. The van der Waals surface area contributed by atoms with E-state index in [4.69, 9.17) is 9.84 Å². The van der Waals surface area contributed by atoms with Crippen LogP contribution in [0, 0.1) is 0 Å². The molecule has 1 heterocycles. The molecule has 2 N–H and O–H groups in total. The highest BCUT2D eigenvalue weighted by molar-refractivity contribution is 5.95. The van der Waals surface area contributed by atoms with Gasteiger partial charge in [-0.05, 0) is 36.6 Å². The molecule has 5 nitrogen and oxygen atoms in total. The van der Waals surface area contributed by atoms with Gasteiger partial charge >= 0.3 is 0 Å². The molecule has 1 aromatic heterocycles. The summed E-state index contributed by atoms with van der Waals surface area (Å²) in [7, 11) is 1.62. The van der Waals surface area contributed by atoms with E-state index in [9.17, 15) is 4.79 Å². The number of methoxy groups -OCH3 is 1. The van der Waals surface area contributed by atoms with Crippen LogP contribution in [0.2, 0.25) is 0 Å². The molecule has 1 amide bonds. The van der Waals surface area contributed by atoms with E-state index < -0.39 is 0 Å². The van der Waals surface area contributed by atoms with Crippen molar-refractivity contribution in [1.82, 2.24) is 10.3 Å². The van der Waals surface area contributed by atoms with Gasteiger partial charge in [0.2, 0.25) is 0 Å². The van der Waals surface area contributed by atoms with Crippen LogP contribution in [-0.2, 0) is 0 Å². The summed E-state index contributed by atoms with van der Waals surface area (Å²) in [4.78, 5) is 16.5. The minimum absolute atomic E-state index is 0.0304. The van der Waals surface area contributed by atoms with E-state index in [0.29, 0.717) is 12.0 Å². The number of benzene rings is 1. The second-order valence-electron chi connectivity index (χ2n) is 5.28. The third-order valence-electron chi connectivity index (χ3n) is 3.73. The molecule has 1 atom stereocenters. The zero-order valence-corrected chi connectivity index (χ0v) is 13.5. The number of nitrogens with one attached hydrogen (secondary N) is 1. The van der Waals surface area contributed by atoms with Crippen LogP contribution >= 0.6 is 0 Å². The molecular weight excluding hydrogens is 292 g/mol. The smallest absolute Gasteiger partial charge is 0.253 e. The van der Waals surface area contributed by atoms with Crippen LogP contribution in [0.25, 0.3) is 11.1 Å². The van der Waals surface area contributed by atoms with Gasteiger partial charge in [-0.3, -0.25) is 9.78 Å². The number of rotatable bonds is 7. The van der Waals surface area contributed by atoms with Gasteiger partial charge in [-0.25, -0.2) is 0 Å². The normalized spacial score (nSPS) is 11.8. The summed E-state index contributed by atoms with van der Waals surface area (Å²) in [5, 5.41) is 11.9. The van der Waals surface area contributed by atoms with Gasteiger partial charge in [-0.2, -0.15) is 0 Å². The Hall–Kier alpha value is -2.40. The maximum Gasteiger partial charge on any atom is 0.253 e. The number of hydrogen-bond acceptors (Lipinski definition) is 4. The number of carbonyl (C=O) groups is 1. The van der Waals surface area contributed by atoms with Crippen molar-refractivity contribution in [3.05, 3.63) is 48.3 Å². The van der Waals surface area contributed by atoms with Gasteiger partial charge in [-0.1, -0.05) is 19.1 Å². The Balaban J connectivity index is 2.16. The molecule has 2 rings (SSSR count). The highest BCUT2D eigenvalue weighted by Gasteiger charge is 2.13. The molecule has 0 saturated heterocycles. The quantitative estimate of drug-likeness (QED) is 0.824. The van der Waals surface area contributed by atoms with Gasteiger partial charge in [-0.15, -0.1) is 0 Å². The fourth-order valence-corrected chi connectivity index (χ4v) is 2.31. The van der Waals surface area contributed by atoms with Crippen molar-refractivity contribution in [3.8, 4) is 16.9 Å². The summed E-state index contributed by atoms with van der Waals surface area (Å²) in [6.07, 6.45) is 4.60. The standard InChI is InChI=1S/C18H22N2O3/c1-3-16(8-9-21)20-18(22)15-10-14(11-19-12-15)13-4-6-17(23-2)7-5-13/h4-7,10-12,16,21H,3,8-9H2,1-2H3,(H,20,22). The van der Waals surface area contributed by atoms with Crippen LogP contribution < -0.4 is 10.1 Å². The second-order valence-corrected chi connectivity index (χ2v) is 5.28. The zero-order valence-electron chi connectivity index (χ0n) is 13.5. The van der Waals surface area contributed by atoms with Gasteiger partial charge in [0.25, 0.3) is 5.91 Å². The molecule has 0 radical (unpaired) electrons. The lowest BCUT2D eigenvalue weighted by Crippen LogP contribution is -2.35. The average molecular weight is 314 g/mol. The van der Waals surface area contributed by atoms with E-state index in [0.717, 1.165) is 23.3 Å². The molecule has 1 unspecified atom stereocenters. The number of amides is 1. The number of ether oxygens (including phenoxy) is 1. The van der Waals surface area contributed by atoms with Crippen molar-refractivity contribution in [3.63, 3.8) is 0 Å². The Kier molecular flexibility index (Phi) is 6.11. The summed E-state index contributed by atoms with van der Waals surface area (Å²) in [6, 6.07) is 9.39. The third kappa shape index (κ3) is 4.53. The molecule has 122 valence electrons. The Morgan fingerprint density at radius 2 is 2.00 bits per heavy atom. The van der Waals surface area contributed by atoms with Crippen molar-refractivity contribution in [2.75, 3.05) is 13.7 Å². The van der Waals surface area contributed by atoms with Gasteiger partial charge < -0.3 is 15.2 Å². The summed E-state index contributed by atoms with van der Waals surface area (Å²) in [6.45, 7) is 2.04. The van der Waals surface area contributed by atoms with Crippen LogP contribution in [-0.4, -0.2) is 35.8 Å². The van der Waals surface area contributed by atoms with Crippen LogP contribution in [0.1, 0.15) is 30.1 Å². The van der Waals surface area contributed by atoms with Gasteiger partial charge in [0.05, 0.1) is 12.7 Å². The van der Waals surface area contributed by atoms with Crippen LogP contribution in [0.15, 0.2) is 42.7 Å². The summed E-state index contributed by atoms with van der Waals surface area (Å²) >= 11 is 0. The van der Waals surface area contributed by atoms with E-state index in [1.165, 1.54) is 0 Å². The minimum atomic E-state index is -0.173. The first-order valence-corrected chi connectivity index (χ1v) is 7.69. The average Bonchev–Trinajstić information content (AvgIpc) is 2.61. The maximum absolute atomic E-state index is 12.3. The minimum Gasteiger partial charge on any atom is -0.497 e. The Labute approximate surface area is 136 Å². The van der Waals surface area contributed by atoms with Crippen LogP contribution in [0.3, 0.4) is 0 Å². The molecule has 0 spiro atoms. The SMILES string of the molecule is CCC(CCO)NC(=O)c1cncc(-c2ccc(OC)cc2)c1. The number of pyridine rings is 1. The first-order chi connectivity index (χ1) is 11.2. The number of hydrogen-bond donors (Lipinski definition) is 2. The highest BCUT2D eigenvalue weighted by Crippen LogP contribution is 2.22. The molecule has 0 aliphatic rings. The largest absolute Gasteiger partial charge is 0.497 e. The number of aliphatic hydroxyl groups excluding tert-OH is 1. The van der Waals surface area contributed by atoms with Crippen molar-refractivity contribution < 1.29 is 14.6 Å². The molecule has 5 heteroatoms. The molecule has 0 bridgehead atoms. The Morgan fingerprint density at radius 1 is 1.26 bits per heavy atom. The highest BCUT2D eigenvalue weighted by atomic mass is 16.5. The summed E-state index contributed by atoms with van der Waals surface area (Å²) < 4.78 is 5.15. The fraction of sp³-hybridized carbons (Fsp3) is 0.333. The van der Waals surface area contributed by atoms with Crippen molar-refractivity contribution >= 4 is 5.91 Å². The first kappa shape index (κ1) is 17.0. The molecule has 23 heavy (non-hydrogen) atoms. The van der Waals surface area contributed by atoms with Crippen LogP contribution in [0.5, 0.6) is 5.75 Å². The molecule has 0 aliphatic heterocycles. The van der Waals surface area contributed by atoms with Gasteiger partial charge in [0, 0.05) is 30.6 Å². The predicted octanol–water partition coefficient (Wildman–Crippen LogP) is 2.65. The van der Waals surface area contributed by atoms with Crippen molar-refractivity contribution in [1.29, 1.82) is 0 Å². The van der Waals surface area contributed by atoms with Crippen LogP contribution in [0.4, 0.5) is 0 Å². The molecule has 1 aromatic carbocycles. The number of aliphatic hydroxyl groups is 1. The lowest BCUT2D eigenvalue weighted by molar-refractivity contribution is 0.0929. The molecule has 0 fully saturated rings. The number of nitrogens with zero attached hydrogens (tertiary/aromatic N) is 1. The molecule has 2 aromatic rings. The van der Waals surface area contributed by atoms with E-state index >= 15 is 0 Å².